The molecule has 17 heavy (non-hydrogen) atoms. The molecule has 0 unspecified atom stereocenters. The van der Waals surface area contributed by atoms with Crippen LogP contribution in [0.15, 0.2) is 24.5 Å². The van der Waals surface area contributed by atoms with E-state index >= 15 is 0 Å². The topological polar surface area (TPSA) is 74.5 Å². The molecule has 0 saturated heterocycles. The van der Waals surface area contributed by atoms with Crippen molar-refractivity contribution >= 4 is 23.2 Å². The van der Waals surface area contributed by atoms with Crippen molar-refractivity contribution in [3.8, 4) is 6.07 Å². The standard InChI is InChI=1S/C11H8ClN5/c1-7-2-3-8(5-13)4-9(7)16-11-15-6-14-10(12)17-11/h2-4,6H,1H3,(H,14,15,16,17). The predicted octanol–water partition coefficient (Wildman–Crippen LogP) is 2.45. The van der Waals surface area contributed by atoms with Crippen molar-refractivity contribution in [1.29, 1.82) is 5.26 Å². The Labute approximate surface area is 103 Å². The highest BCUT2D eigenvalue weighted by molar-refractivity contribution is 6.28. The van der Waals surface area contributed by atoms with Crippen LogP contribution in [-0.4, -0.2) is 15.0 Å². The van der Waals surface area contributed by atoms with Gasteiger partial charge in [0.15, 0.2) is 0 Å². The van der Waals surface area contributed by atoms with Gasteiger partial charge in [-0.25, -0.2) is 9.97 Å². The van der Waals surface area contributed by atoms with Crippen molar-refractivity contribution in [2.75, 3.05) is 5.32 Å². The second-order valence-electron chi connectivity index (χ2n) is 3.34. The van der Waals surface area contributed by atoms with E-state index in [1.165, 1.54) is 6.33 Å². The molecule has 0 amide bonds. The lowest BCUT2D eigenvalue weighted by atomic mass is 10.1. The van der Waals surface area contributed by atoms with Gasteiger partial charge in [-0.05, 0) is 36.2 Å². The molecular formula is C11H8ClN5. The molecule has 0 saturated carbocycles. The van der Waals surface area contributed by atoms with E-state index < -0.39 is 0 Å². The maximum atomic E-state index is 8.82. The fourth-order valence-electron chi connectivity index (χ4n) is 1.28. The van der Waals surface area contributed by atoms with E-state index in [1.807, 2.05) is 13.0 Å². The molecule has 1 aromatic carbocycles. The van der Waals surface area contributed by atoms with E-state index in [-0.39, 0.29) is 5.28 Å². The largest absolute Gasteiger partial charge is 0.324 e. The summed E-state index contributed by atoms with van der Waals surface area (Å²) in [4.78, 5) is 11.5. The Kier molecular flexibility index (Phi) is 3.17. The predicted molar refractivity (Wildman–Crippen MR) is 64.0 cm³/mol. The zero-order chi connectivity index (χ0) is 12.3. The fourth-order valence-corrected chi connectivity index (χ4v) is 1.41. The lowest BCUT2D eigenvalue weighted by Crippen LogP contribution is -1.99. The smallest absolute Gasteiger partial charge is 0.231 e. The number of nitrogens with zero attached hydrogens (tertiary/aromatic N) is 4. The molecular weight excluding hydrogens is 238 g/mol. The number of anilines is 2. The zero-order valence-electron chi connectivity index (χ0n) is 8.98. The minimum atomic E-state index is 0.122. The van der Waals surface area contributed by atoms with Gasteiger partial charge in [0.05, 0.1) is 11.6 Å². The summed E-state index contributed by atoms with van der Waals surface area (Å²) in [6.07, 6.45) is 1.32. The van der Waals surface area contributed by atoms with Crippen molar-refractivity contribution in [3.63, 3.8) is 0 Å². The maximum Gasteiger partial charge on any atom is 0.231 e. The summed E-state index contributed by atoms with van der Waals surface area (Å²) in [6.45, 7) is 1.92. The Balaban J connectivity index is 2.33. The van der Waals surface area contributed by atoms with Gasteiger partial charge in [0, 0.05) is 5.69 Å². The molecule has 1 aromatic heterocycles. The number of aromatic nitrogens is 3. The maximum absolute atomic E-state index is 8.82. The van der Waals surface area contributed by atoms with Crippen LogP contribution in [0.4, 0.5) is 11.6 Å². The first-order valence-electron chi connectivity index (χ1n) is 4.81. The number of hydrogen-bond acceptors (Lipinski definition) is 5. The van der Waals surface area contributed by atoms with Gasteiger partial charge in [0.25, 0.3) is 0 Å². The van der Waals surface area contributed by atoms with Gasteiger partial charge in [0.1, 0.15) is 6.33 Å². The molecule has 0 atom stereocenters. The molecule has 1 heterocycles. The summed E-state index contributed by atoms with van der Waals surface area (Å²) in [5, 5.41) is 11.9. The number of nitriles is 1. The summed E-state index contributed by atoms with van der Waals surface area (Å²) >= 11 is 5.65. The molecule has 2 aromatic rings. The van der Waals surface area contributed by atoms with E-state index in [1.54, 1.807) is 12.1 Å². The van der Waals surface area contributed by atoms with Gasteiger partial charge >= 0.3 is 0 Å². The lowest BCUT2D eigenvalue weighted by Gasteiger charge is -2.07. The third-order valence-electron chi connectivity index (χ3n) is 2.16. The second-order valence-corrected chi connectivity index (χ2v) is 3.68. The quantitative estimate of drug-likeness (QED) is 0.880. The third-order valence-corrected chi connectivity index (χ3v) is 2.34. The van der Waals surface area contributed by atoms with Gasteiger partial charge in [-0.3, -0.25) is 0 Å². The van der Waals surface area contributed by atoms with Crippen LogP contribution >= 0.6 is 11.6 Å². The van der Waals surface area contributed by atoms with Crippen LogP contribution in [0, 0.1) is 18.3 Å². The van der Waals surface area contributed by atoms with Crippen LogP contribution < -0.4 is 5.32 Å². The average molecular weight is 246 g/mol. The number of hydrogen-bond donors (Lipinski definition) is 1. The number of halogens is 1. The summed E-state index contributed by atoms with van der Waals surface area (Å²) in [5.74, 6) is 0.350. The van der Waals surface area contributed by atoms with Crippen molar-refractivity contribution in [2.24, 2.45) is 0 Å². The molecule has 0 fully saturated rings. The number of rotatable bonds is 2. The highest BCUT2D eigenvalue weighted by Gasteiger charge is 2.03. The Morgan fingerprint density at radius 1 is 1.35 bits per heavy atom. The van der Waals surface area contributed by atoms with Gasteiger partial charge < -0.3 is 5.32 Å². The summed E-state index contributed by atoms with van der Waals surface area (Å²) in [5.41, 5.74) is 2.32. The van der Waals surface area contributed by atoms with E-state index in [4.69, 9.17) is 16.9 Å². The van der Waals surface area contributed by atoms with Crippen molar-refractivity contribution < 1.29 is 0 Å². The van der Waals surface area contributed by atoms with Crippen LogP contribution in [0.3, 0.4) is 0 Å². The van der Waals surface area contributed by atoms with E-state index in [0.717, 1.165) is 11.3 Å². The first-order chi connectivity index (χ1) is 8.19. The van der Waals surface area contributed by atoms with Crippen molar-refractivity contribution in [2.45, 2.75) is 6.92 Å². The number of aryl methyl sites for hydroxylation is 1. The first kappa shape index (κ1) is 11.3. The van der Waals surface area contributed by atoms with Crippen LogP contribution in [0.2, 0.25) is 5.28 Å². The Bertz CT molecular complexity index is 591. The molecule has 0 radical (unpaired) electrons. The van der Waals surface area contributed by atoms with Gasteiger partial charge in [-0.15, -0.1) is 0 Å². The minimum Gasteiger partial charge on any atom is -0.324 e. The normalized spacial score (nSPS) is 9.71. The molecule has 5 nitrogen and oxygen atoms in total. The zero-order valence-corrected chi connectivity index (χ0v) is 9.73. The molecule has 0 aliphatic rings. The Hall–Kier alpha value is -2.19. The van der Waals surface area contributed by atoms with Crippen LogP contribution in [-0.2, 0) is 0 Å². The van der Waals surface area contributed by atoms with Gasteiger partial charge in [0.2, 0.25) is 11.2 Å². The second kappa shape index (κ2) is 4.76. The van der Waals surface area contributed by atoms with E-state index in [0.29, 0.717) is 11.5 Å². The summed E-state index contributed by atoms with van der Waals surface area (Å²) < 4.78 is 0. The summed E-state index contributed by atoms with van der Waals surface area (Å²) in [6, 6.07) is 7.40. The molecule has 0 spiro atoms. The van der Waals surface area contributed by atoms with Gasteiger partial charge in [-0.1, -0.05) is 6.07 Å². The van der Waals surface area contributed by atoms with Gasteiger partial charge in [-0.2, -0.15) is 10.2 Å². The SMILES string of the molecule is Cc1ccc(C#N)cc1Nc1ncnc(Cl)n1. The van der Waals surface area contributed by atoms with Crippen LogP contribution in [0.25, 0.3) is 0 Å². The monoisotopic (exact) mass is 245 g/mol. The molecule has 1 N–H and O–H groups in total. The minimum absolute atomic E-state index is 0.122. The lowest BCUT2D eigenvalue weighted by molar-refractivity contribution is 1.05. The average Bonchev–Trinajstić information content (AvgIpc) is 2.32. The molecule has 84 valence electrons. The van der Waals surface area contributed by atoms with Crippen molar-refractivity contribution in [3.05, 3.63) is 40.9 Å². The summed E-state index contributed by atoms with van der Waals surface area (Å²) in [7, 11) is 0. The highest BCUT2D eigenvalue weighted by atomic mass is 35.5. The van der Waals surface area contributed by atoms with Crippen LogP contribution in [0.5, 0.6) is 0 Å². The first-order valence-corrected chi connectivity index (χ1v) is 5.19. The third kappa shape index (κ3) is 2.68. The van der Waals surface area contributed by atoms with E-state index in [2.05, 4.69) is 26.3 Å². The Morgan fingerprint density at radius 3 is 2.88 bits per heavy atom. The number of nitrogens with one attached hydrogen (secondary N) is 1. The molecule has 2 rings (SSSR count). The molecule has 6 heteroatoms. The highest BCUT2D eigenvalue weighted by Crippen LogP contribution is 2.19. The molecule has 0 bridgehead atoms. The van der Waals surface area contributed by atoms with Crippen LogP contribution in [0.1, 0.15) is 11.1 Å². The number of benzene rings is 1. The Morgan fingerprint density at radius 2 is 2.18 bits per heavy atom. The van der Waals surface area contributed by atoms with Crippen molar-refractivity contribution in [1.82, 2.24) is 15.0 Å². The van der Waals surface area contributed by atoms with E-state index in [9.17, 15) is 0 Å². The molecule has 0 aliphatic carbocycles. The molecule has 0 aliphatic heterocycles. The fraction of sp³-hybridized carbons (Fsp3) is 0.0909.